The first-order valence-corrected chi connectivity index (χ1v) is 14.4. The van der Waals surface area contributed by atoms with E-state index in [2.05, 4.69) is 21.1 Å². The standard InChI is InChI=1S/C30H41N5O6/c1-6-10-21(24(37)27(39)32-20-13-14-20)33-26(38)23-16-30(15-22(34-41-30)19-11-8-7-9-12-19)17-35(23)28(40)25(29(3,4)5)31-18(2)36/h7-9,11-12,20-21,23,25H,6,10,13-17H2,1-5H3,(H,31,36)(H,32,39)(H,33,38)/t21-,23-,25+,30+/m0/s1. The second-order valence-electron chi connectivity index (χ2n) is 12.5. The lowest BCUT2D eigenvalue weighted by atomic mass is 9.85. The van der Waals surface area contributed by atoms with Crippen LogP contribution >= 0.6 is 0 Å². The highest BCUT2D eigenvalue weighted by Gasteiger charge is 2.55. The molecule has 2 aliphatic heterocycles. The number of nitrogens with zero attached hydrogens (tertiary/aromatic N) is 2. The highest BCUT2D eigenvalue weighted by atomic mass is 16.7. The van der Waals surface area contributed by atoms with Crippen LogP contribution in [-0.2, 0) is 28.8 Å². The third-order valence-corrected chi connectivity index (χ3v) is 7.74. The molecule has 4 atom stereocenters. The van der Waals surface area contributed by atoms with Crippen molar-refractivity contribution in [2.24, 2.45) is 10.6 Å². The number of amides is 4. The van der Waals surface area contributed by atoms with Crippen LogP contribution < -0.4 is 16.0 Å². The van der Waals surface area contributed by atoms with Crippen molar-refractivity contribution in [1.29, 1.82) is 0 Å². The number of hydrogen-bond acceptors (Lipinski definition) is 7. The van der Waals surface area contributed by atoms with E-state index < -0.39 is 52.6 Å². The average molecular weight is 568 g/mol. The molecule has 1 aromatic rings. The quantitative estimate of drug-likeness (QED) is 0.368. The van der Waals surface area contributed by atoms with Crippen LogP contribution in [0.15, 0.2) is 35.5 Å². The van der Waals surface area contributed by atoms with Gasteiger partial charge < -0.3 is 25.7 Å². The van der Waals surface area contributed by atoms with Gasteiger partial charge in [0.25, 0.3) is 5.91 Å². The fraction of sp³-hybridized carbons (Fsp3) is 0.600. The number of nitrogens with one attached hydrogen (secondary N) is 3. The van der Waals surface area contributed by atoms with Crippen molar-refractivity contribution in [3.8, 4) is 0 Å². The van der Waals surface area contributed by atoms with Gasteiger partial charge in [-0.3, -0.25) is 24.0 Å². The van der Waals surface area contributed by atoms with Crippen molar-refractivity contribution in [3.05, 3.63) is 35.9 Å². The summed E-state index contributed by atoms with van der Waals surface area (Å²) in [5.41, 5.74) is -0.00120. The Bertz CT molecular complexity index is 1220. The van der Waals surface area contributed by atoms with Crippen molar-refractivity contribution in [1.82, 2.24) is 20.9 Å². The Morgan fingerprint density at radius 3 is 2.37 bits per heavy atom. The molecule has 11 nitrogen and oxygen atoms in total. The molecule has 4 amide bonds. The molecule has 41 heavy (non-hydrogen) atoms. The highest BCUT2D eigenvalue weighted by Crippen LogP contribution is 2.40. The summed E-state index contributed by atoms with van der Waals surface area (Å²) < 4.78 is 0. The number of likely N-dealkylation sites (tertiary alicyclic amines) is 1. The van der Waals surface area contributed by atoms with Crippen LogP contribution in [0.4, 0.5) is 0 Å². The number of benzene rings is 1. The third-order valence-electron chi connectivity index (χ3n) is 7.74. The lowest BCUT2D eigenvalue weighted by Crippen LogP contribution is -2.59. The number of carbonyl (C=O) groups is 5. The molecular weight excluding hydrogens is 526 g/mol. The molecule has 0 bridgehead atoms. The van der Waals surface area contributed by atoms with Gasteiger partial charge in [-0.25, -0.2) is 0 Å². The van der Waals surface area contributed by atoms with Gasteiger partial charge in [0.15, 0.2) is 5.60 Å². The molecule has 3 aliphatic rings. The molecule has 222 valence electrons. The molecule has 1 aromatic carbocycles. The molecule has 1 saturated carbocycles. The monoisotopic (exact) mass is 567 g/mol. The Morgan fingerprint density at radius 2 is 1.78 bits per heavy atom. The van der Waals surface area contributed by atoms with Gasteiger partial charge in [0, 0.05) is 25.8 Å². The van der Waals surface area contributed by atoms with Crippen LogP contribution in [0.1, 0.15) is 78.7 Å². The summed E-state index contributed by atoms with van der Waals surface area (Å²) in [6.45, 7) is 8.79. The van der Waals surface area contributed by atoms with E-state index in [1.165, 1.54) is 11.8 Å². The second kappa shape index (κ2) is 12.0. The summed E-state index contributed by atoms with van der Waals surface area (Å²) in [5, 5.41) is 12.5. The lowest BCUT2D eigenvalue weighted by molar-refractivity contribution is -0.145. The molecule has 11 heteroatoms. The Hall–Kier alpha value is -3.76. The molecule has 1 aliphatic carbocycles. The van der Waals surface area contributed by atoms with Crippen molar-refractivity contribution >= 4 is 35.1 Å². The maximum atomic E-state index is 14.0. The van der Waals surface area contributed by atoms with E-state index in [0.717, 1.165) is 18.4 Å². The largest absolute Gasteiger partial charge is 0.387 e. The van der Waals surface area contributed by atoms with Gasteiger partial charge in [-0.2, -0.15) is 0 Å². The van der Waals surface area contributed by atoms with Crippen LogP contribution in [-0.4, -0.2) is 76.3 Å². The zero-order chi connectivity index (χ0) is 29.9. The number of oxime groups is 1. The number of hydrogen-bond donors (Lipinski definition) is 3. The van der Waals surface area contributed by atoms with Crippen molar-refractivity contribution in [3.63, 3.8) is 0 Å². The van der Waals surface area contributed by atoms with Crippen LogP contribution in [0, 0.1) is 5.41 Å². The zero-order valence-corrected chi connectivity index (χ0v) is 24.5. The summed E-state index contributed by atoms with van der Waals surface area (Å²) in [6, 6.07) is 6.63. The van der Waals surface area contributed by atoms with Gasteiger partial charge in [-0.15, -0.1) is 0 Å². The summed E-state index contributed by atoms with van der Waals surface area (Å²) >= 11 is 0. The molecule has 4 rings (SSSR count). The molecule has 1 spiro atoms. The molecule has 0 radical (unpaired) electrons. The van der Waals surface area contributed by atoms with Crippen molar-refractivity contribution < 1.29 is 28.8 Å². The summed E-state index contributed by atoms with van der Waals surface area (Å²) in [6.07, 6.45) is 3.04. The summed E-state index contributed by atoms with van der Waals surface area (Å²) in [7, 11) is 0. The minimum Gasteiger partial charge on any atom is -0.387 e. The average Bonchev–Trinajstić information content (AvgIpc) is 3.51. The van der Waals surface area contributed by atoms with Gasteiger partial charge in [-0.05, 0) is 30.2 Å². The molecule has 2 fully saturated rings. The van der Waals surface area contributed by atoms with Crippen LogP contribution in [0.5, 0.6) is 0 Å². The van der Waals surface area contributed by atoms with Gasteiger partial charge >= 0.3 is 0 Å². The minimum absolute atomic E-state index is 0.00802. The van der Waals surface area contributed by atoms with E-state index in [0.29, 0.717) is 18.6 Å². The van der Waals surface area contributed by atoms with Gasteiger partial charge in [-0.1, -0.05) is 69.6 Å². The van der Waals surface area contributed by atoms with Gasteiger partial charge in [0.1, 0.15) is 12.1 Å². The van der Waals surface area contributed by atoms with E-state index in [1.807, 2.05) is 58.0 Å². The van der Waals surface area contributed by atoms with Crippen molar-refractivity contribution in [2.75, 3.05) is 6.54 Å². The van der Waals surface area contributed by atoms with E-state index >= 15 is 0 Å². The number of rotatable bonds is 10. The Labute approximate surface area is 240 Å². The van der Waals surface area contributed by atoms with Crippen LogP contribution in [0.25, 0.3) is 0 Å². The SMILES string of the molecule is CCC[C@H](NC(=O)[C@@H]1C[C@]2(CC(c3ccccc3)=NO2)CN1C(=O)[C@@H](NC(C)=O)C(C)(C)C)C(=O)C(=O)NC1CC1. The highest BCUT2D eigenvalue weighted by molar-refractivity contribution is 6.38. The Balaban J connectivity index is 1.59. The second-order valence-corrected chi connectivity index (χ2v) is 12.5. The van der Waals surface area contributed by atoms with E-state index in [1.54, 1.807) is 0 Å². The van der Waals surface area contributed by atoms with Gasteiger partial charge in [0.05, 0.1) is 18.3 Å². The van der Waals surface area contributed by atoms with Crippen molar-refractivity contribution in [2.45, 2.75) is 103 Å². The predicted octanol–water partition coefficient (Wildman–Crippen LogP) is 1.83. The Morgan fingerprint density at radius 1 is 1.10 bits per heavy atom. The fourth-order valence-electron chi connectivity index (χ4n) is 5.40. The smallest absolute Gasteiger partial charge is 0.289 e. The first kappa shape index (κ1) is 30.2. The first-order chi connectivity index (χ1) is 19.3. The van der Waals surface area contributed by atoms with E-state index in [-0.39, 0.29) is 31.3 Å². The molecule has 3 N–H and O–H groups in total. The van der Waals surface area contributed by atoms with Gasteiger partial charge in [0.2, 0.25) is 23.5 Å². The molecule has 1 saturated heterocycles. The predicted molar refractivity (Wildman–Crippen MR) is 152 cm³/mol. The van der Waals surface area contributed by atoms with Crippen LogP contribution in [0.3, 0.4) is 0 Å². The first-order valence-electron chi connectivity index (χ1n) is 14.4. The normalized spacial score (nSPS) is 23.3. The molecule has 0 aromatic heterocycles. The number of ketones is 1. The van der Waals surface area contributed by atoms with Crippen LogP contribution in [0.2, 0.25) is 0 Å². The topological polar surface area (TPSA) is 146 Å². The third kappa shape index (κ3) is 7.12. The van der Waals surface area contributed by atoms with E-state index in [9.17, 15) is 24.0 Å². The molecule has 2 heterocycles. The number of carbonyl (C=O) groups excluding carboxylic acids is 5. The minimum atomic E-state index is -1.02. The zero-order valence-electron chi connectivity index (χ0n) is 24.5. The molecular formula is C30H41N5O6. The maximum Gasteiger partial charge on any atom is 0.289 e. The lowest BCUT2D eigenvalue weighted by Gasteiger charge is -2.35. The Kier molecular flexibility index (Phi) is 8.84. The summed E-state index contributed by atoms with van der Waals surface area (Å²) in [5.74, 6) is -2.74. The maximum absolute atomic E-state index is 14.0. The number of Topliss-reactive ketones (excluding diaryl/α,β-unsaturated/α-hetero) is 1. The fourth-order valence-corrected chi connectivity index (χ4v) is 5.40. The summed E-state index contributed by atoms with van der Waals surface area (Å²) in [4.78, 5) is 72.8. The van der Waals surface area contributed by atoms with E-state index in [4.69, 9.17) is 4.84 Å². The molecule has 0 unspecified atom stereocenters.